The average molecular weight is 156 g/mol. The second-order valence-corrected chi connectivity index (χ2v) is 2.02. The van der Waals surface area contributed by atoms with Crippen LogP contribution in [0.2, 0.25) is 0 Å². The molecule has 0 atom stereocenters. The van der Waals surface area contributed by atoms with Crippen molar-refractivity contribution in [2.45, 2.75) is 6.92 Å². The van der Waals surface area contributed by atoms with Crippen LogP contribution in [0, 0.1) is 0 Å². The van der Waals surface area contributed by atoms with E-state index in [0.29, 0.717) is 0 Å². The maximum absolute atomic E-state index is 9.00. The Kier molecular flexibility index (Phi) is 18.8. The zero-order valence-electron chi connectivity index (χ0n) is 6.23. The van der Waals surface area contributed by atoms with Crippen molar-refractivity contribution in [3.8, 4) is 0 Å². The number of carbonyl (C=O) groups is 1. The molecule has 0 aliphatic carbocycles. The van der Waals surface area contributed by atoms with Gasteiger partial charge in [0.15, 0.2) is 0 Å². The van der Waals surface area contributed by atoms with Gasteiger partial charge >= 0.3 is 0 Å². The second kappa shape index (κ2) is 10.7. The average Bonchev–Trinajstić information content (AvgIpc) is 1.25. The molecule has 0 aromatic heterocycles. The molecular formula is C5H14ClNO2. The van der Waals surface area contributed by atoms with Crippen molar-refractivity contribution in [2.24, 2.45) is 0 Å². The molecule has 0 bridgehead atoms. The number of halogens is 1. The predicted octanol–water partition coefficient (Wildman–Crippen LogP) is -4.14. The third-order valence-corrected chi connectivity index (χ3v) is 0. The molecule has 0 aliphatic heterocycles. The summed E-state index contributed by atoms with van der Waals surface area (Å²) < 4.78 is 0. The highest BCUT2D eigenvalue weighted by Gasteiger charge is 1.65. The van der Waals surface area contributed by atoms with E-state index < -0.39 is 5.97 Å². The number of carboxylic acids is 1. The molecule has 0 radical (unpaired) electrons. The Morgan fingerprint density at radius 1 is 1.33 bits per heavy atom. The van der Waals surface area contributed by atoms with Crippen molar-refractivity contribution in [1.29, 1.82) is 0 Å². The monoisotopic (exact) mass is 155 g/mol. The van der Waals surface area contributed by atoms with E-state index in [1.165, 1.54) is 4.90 Å². The lowest BCUT2D eigenvalue weighted by Gasteiger charge is -1.88. The number of carboxylic acid groups (broad SMARTS) is 1. The molecule has 4 heteroatoms. The molecule has 0 aromatic carbocycles. The first-order chi connectivity index (χ1) is 3.46. The summed E-state index contributed by atoms with van der Waals surface area (Å²) in [7, 11) is 6.25. The Bertz CT molecular complexity index is 59.2. The number of rotatable bonds is 0. The van der Waals surface area contributed by atoms with E-state index in [0.717, 1.165) is 6.92 Å². The minimum atomic E-state index is -0.833. The third-order valence-electron chi connectivity index (χ3n) is 0. The highest BCUT2D eigenvalue weighted by molar-refractivity contribution is 5.62. The molecule has 0 spiro atoms. The highest BCUT2D eigenvalue weighted by Crippen LogP contribution is 1.42. The lowest BCUT2D eigenvalue weighted by atomic mass is 10.9. The van der Waals surface area contributed by atoms with Crippen molar-refractivity contribution in [2.75, 3.05) is 21.1 Å². The van der Waals surface area contributed by atoms with Crippen LogP contribution < -0.4 is 17.3 Å². The summed E-state index contributed by atoms with van der Waals surface area (Å²) in [6, 6.07) is 0. The largest absolute Gasteiger partial charge is 1.00 e. The van der Waals surface area contributed by atoms with Crippen LogP contribution in [-0.4, -0.2) is 32.2 Å². The predicted molar refractivity (Wildman–Crippen MR) is 32.0 cm³/mol. The molecule has 0 fully saturated rings. The van der Waals surface area contributed by atoms with E-state index in [1.54, 1.807) is 0 Å². The summed E-state index contributed by atoms with van der Waals surface area (Å²) in [5.41, 5.74) is 0. The lowest BCUT2D eigenvalue weighted by Crippen LogP contribution is -3.02. The fourth-order valence-corrected chi connectivity index (χ4v) is 0. The Balaban J connectivity index is -0.0000000720. The van der Waals surface area contributed by atoms with Gasteiger partial charge in [-0.1, -0.05) is 0 Å². The zero-order valence-corrected chi connectivity index (χ0v) is 6.99. The van der Waals surface area contributed by atoms with Gasteiger partial charge in [0.05, 0.1) is 21.1 Å². The van der Waals surface area contributed by atoms with Crippen LogP contribution >= 0.6 is 0 Å². The Morgan fingerprint density at radius 2 is 1.33 bits per heavy atom. The standard InChI is InChI=1S/C3H9N.C2H4O2.ClH/c1-4(2)3;1-2(3)4;/h1-3H3;1H3,(H,3,4);1H. The van der Waals surface area contributed by atoms with Gasteiger partial charge in [0.25, 0.3) is 5.97 Å². The van der Waals surface area contributed by atoms with Crippen LogP contribution in [0.25, 0.3) is 0 Å². The van der Waals surface area contributed by atoms with E-state index in [9.17, 15) is 0 Å². The topological polar surface area (TPSA) is 41.7 Å². The molecule has 0 rings (SSSR count). The molecule has 0 aliphatic rings. The van der Waals surface area contributed by atoms with E-state index in [-0.39, 0.29) is 12.4 Å². The number of nitrogens with one attached hydrogen (secondary N) is 1. The number of hydrogen-bond acceptors (Lipinski definition) is 1. The molecule has 2 N–H and O–H groups in total. The van der Waals surface area contributed by atoms with Crippen LogP contribution in [0.5, 0.6) is 0 Å². The quantitative estimate of drug-likeness (QED) is 0.373. The Hall–Kier alpha value is -0.280. The van der Waals surface area contributed by atoms with Gasteiger partial charge in [0.1, 0.15) is 0 Å². The minimum absolute atomic E-state index is 0. The van der Waals surface area contributed by atoms with Gasteiger partial charge in [-0.25, -0.2) is 0 Å². The molecule has 0 saturated carbocycles. The molecule has 58 valence electrons. The summed E-state index contributed by atoms with van der Waals surface area (Å²) in [4.78, 5) is 10.4. The molecule has 0 heterocycles. The van der Waals surface area contributed by atoms with Crippen LogP contribution in [0.3, 0.4) is 0 Å². The number of aliphatic carboxylic acids is 1. The summed E-state index contributed by atoms with van der Waals surface area (Å²) in [5.74, 6) is -0.833. The van der Waals surface area contributed by atoms with Crippen LogP contribution in [0.1, 0.15) is 6.92 Å². The van der Waals surface area contributed by atoms with Gasteiger partial charge in [0, 0.05) is 6.92 Å². The Morgan fingerprint density at radius 3 is 1.33 bits per heavy atom. The van der Waals surface area contributed by atoms with E-state index in [4.69, 9.17) is 9.90 Å². The minimum Gasteiger partial charge on any atom is -1.00 e. The molecule has 9 heavy (non-hydrogen) atoms. The summed E-state index contributed by atoms with van der Waals surface area (Å²) >= 11 is 0. The van der Waals surface area contributed by atoms with Crippen molar-refractivity contribution in [1.82, 2.24) is 0 Å². The van der Waals surface area contributed by atoms with Crippen LogP contribution in [0.4, 0.5) is 0 Å². The van der Waals surface area contributed by atoms with Crippen LogP contribution in [-0.2, 0) is 4.79 Å². The molecular weight excluding hydrogens is 142 g/mol. The van der Waals surface area contributed by atoms with Crippen molar-refractivity contribution in [3.05, 3.63) is 0 Å². The molecule has 3 nitrogen and oxygen atoms in total. The van der Waals surface area contributed by atoms with Gasteiger partial charge in [-0.05, 0) is 0 Å². The van der Waals surface area contributed by atoms with Crippen molar-refractivity contribution < 1.29 is 27.2 Å². The first-order valence-corrected chi connectivity index (χ1v) is 2.43. The van der Waals surface area contributed by atoms with Crippen molar-refractivity contribution in [3.63, 3.8) is 0 Å². The summed E-state index contributed by atoms with van der Waals surface area (Å²) in [6.45, 7) is 1.08. The smallest absolute Gasteiger partial charge is 0.300 e. The number of hydrogen-bond donors (Lipinski definition) is 2. The lowest BCUT2D eigenvalue weighted by molar-refractivity contribution is -0.836. The van der Waals surface area contributed by atoms with Gasteiger partial charge in [0.2, 0.25) is 0 Å². The fourth-order valence-electron chi connectivity index (χ4n) is 0. The maximum atomic E-state index is 9.00. The SMILES string of the molecule is CC(=O)O.C[NH+](C)C.[Cl-]. The Labute approximate surface area is 62.1 Å². The fraction of sp³-hybridized carbons (Fsp3) is 0.800. The first kappa shape index (κ1) is 15.9. The van der Waals surface area contributed by atoms with Gasteiger partial charge in [-0.2, -0.15) is 0 Å². The van der Waals surface area contributed by atoms with Gasteiger partial charge in [-0.15, -0.1) is 0 Å². The normalized spacial score (nSPS) is 6.78. The highest BCUT2D eigenvalue weighted by atomic mass is 35.5. The van der Waals surface area contributed by atoms with Crippen molar-refractivity contribution >= 4 is 5.97 Å². The first-order valence-electron chi connectivity index (χ1n) is 2.43. The van der Waals surface area contributed by atoms with E-state index >= 15 is 0 Å². The molecule has 0 amide bonds. The zero-order chi connectivity index (χ0) is 7.15. The number of quaternary nitrogens is 1. The van der Waals surface area contributed by atoms with Gasteiger partial charge in [-0.3, -0.25) is 4.79 Å². The molecule has 0 aromatic rings. The molecule has 0 unspecified atom stereocenters. The molecule has 0 saturated heterocycles. The second-order valence-electron chi connectivity index (χ2n) is 2.02. The maximum Gasteiger partial charge on any atom is 0.300 e. The summed E-state index contributed by atoms with van der Waals surface area (Å²) in [6.07, 6.45) is 0. The van der Waals surface area contributed by atoms with E-state index in [1.807, 2.05) is 0 Å². The van der Waals surface area contributed by atoms with E-state index in [2.05, 4.69) is 21.1 Å². The summed E-state index contributed by atoms with van der Waals surface area (Å²) in [5, 5.41) is 7.42. The van der Waals surface area contributed by atoms with Gasteiger partial charge < -0.3 is 22.4 Å². The third kappa shape index (κ3) is 3220. The van der Waals surface area contributed by atoms with Crippen LogP contribution in [0.15, 0.2) is 0 Å².